The van der Waals surface area contributed by atoms with Gasteiger partial charge in [0.25, 0.3) is 0 Å². The molecule has 0 atom stereocenters. The second-order valence-corrected chi connectivity index (χ2v) is 9.23. The van der Waals surface area contributed by atoms with Crippen molar-refractivity contribution in [1.29, 1.82) is 0 Å². The lowest BCUT2D eigenvalue weighted by Gasteiger charge is -2.38. The first kappa shape index (κ1) is 27.1. The molecule has 2 aromatic rings. The highest BCUT2D eigenvalue weighted by Crippen LogP contribution is 2.30. The summed E-state index contributed by atoms with van der Waals surface area (Å²) in [5, 5.41) is 20.6. The Kier molecular flexibility index (Phi) is 9.03. The summed E-state index contributed by atoms with van der Waals surface area (Å²) in [5.74, 6) is -1.74. The SMILES string of the molecule is CCCCOc1ccc(N(C)C(=O)CC2(O)CCN(C(=O)Cc3ccc(F)cc3)CC2)cc1C(=O)O. The number of carbonyl (C=O) groups excluding carboxylic acids is 2. The molecule has 0 bridgehead atoms. The second kappa shape index (κ2) is 12.0. The number of carboxylic acid groups (broad SMARTS) is 1. The third-order valence-electron chi connectivity index (χ3n) is 6.51. The molecule has 36 heavy (non-hydrogen) atoms. The molecule has 1 saturated heterocycles. The normalized spacial score (nSPS) is 14.8. The van der Waals surface area contributed by atoms with E-state index in [4.69, 9.17) is 4.74 Å². The zero-order chi connectivity index (χ0) is 26.3. The van der Waals surface area contributed by atoms with Crippen molar-refractivity contribution in [3.63, 3.8) is 0 Å². The molecule has 8 nitrogen and oxygen atoms in total. The largest absolute Gasteiger partial charge is 0.493 e. The summed E-state index contributed by atoms with van der Waals surface area (Å²) in [6, 6.07) is 10.3. The number of amides is 2. The highest BCUT2D eigenvalue weighted by Gasteiger charge is 2.36. The lowest BCUT2D eigenvalue weighted by Crippen LogP contribution is -2.49. The predicted octanol–water partition coefficient (Wildman–Crippen LogP) is 3.65. The molecule has 1 fully saturated rings. The summed E-state index contributed by atoms with van der Waals surface area (Å²) in [4.78, 5) is 40.2. The maximum atomic E-state index is 13.1. The first-order valence-electron chi connectivity index (χ1n) is 12.1. The van der Waals surface area contributed by atoms with E-state index in [9.17, 15) is 29.0 Å². The van der Waals surface area contributed by atoms with Crippen molar-refractivity contribution in [2.45, 2.75) is 51.0 Å². The number of carboxylic acids is 1. The number of aliphatic hydroxyl groups is 1. The number of piperidine rings is 1. The van der Waals surface area contributed by atoms with Crippen LogP contribution in [0.2, 0.25) is 0 Å². The van der Waals surface area contributed by atoms with Gasteiger partial charge in [-0.05, 0) is 55.2 Å². The van der Waals surface area contributed by atoms with Crippen molar-refractivity contribution in [1.82, 2.24) is 4.90 Å². The molecular formula is C27H33FN2O6. The number of hydrogen-bond acceptors (Lipinski definition) is 5. The van der Waals surface area contributed by atoms with E-state index in [0.717, 1.165) is 12.8 Å². The van der Waals surface area contributed by atoms with Crippen LogP contribution in [0.3, 0.4) is 0 Å². The van der Waals surface area contributed by atoms with Gasteiger partial charge in [0.1, 0.15) is 17.1 Å². The number of halogens is 1. The minimum absolute atomic E-state index is 0.0325. The fourth-order valence-corrected chi connectivity index (χ4v) is 4.13. The Morgan fingerprint density at radius 3 is 2.39 bits per heavy atom. The van der Waals surface area contributed by atoms with Crippen LogP contribution in [0.25, 0.3) is 0 Å². The number of hydrogen-bond donors (Lipinski definition) is 2. The number of aromatic carboxylic acids is 1. The Balaban J connectivity index is 1.58. The number of unbranched alkanes of at least 4 members (excludes halogenated alkanes) is 1. The van der Waals surface area contributed by atoms with Crippen LogP contribution >= 0.6 is 0 Å². The molecule has 0 radical (unpaired) electrons. The van der Waals surface area contributed by atoms with E-state index < -0.39 is 11.6 Å². The number of ether oxygens (including phenoxy) is 1. The third-order valence-corrected chi connectivity index (χ3v) is 6.51. The Morgan fingerprint density at radius 1 is 1.11 bits per heavy atom. The third kappa shape index (κ3) is 7.04. The molecule has 2 N–H and O–H groups in total. The van der Waals surface area contributed by atoms with E-state index in [-0.39, 0.29) is 54.6 Å². The van der Waals surface area contributed by atoms with Gasteiger partial charge in [-0.1, -0.05) is 25.5 Å². The highest BCUT2D eigenvalue weighted by molar-refractivity contribution is 5.97. The predicted molar refractivity (Wildman–Crippen MR) is 133 cm³/mol. The van der Waals surface area contributed by atoms with Crippen molar-refractivity contribution < 1.29 is 33.7 Å². The van der Waals surface area contributed by atoms with Crippen LogP contribution in [-0.2, 0) is 16.0 Å². The average Bonchev–Trinajstić information content (AvgIpc) is 2.85. The van der Waals surface area contributed by atoms with Gasteiger partial charge in [-0.15, -0.1) is 0 Å². The average molecular weight is 501 g/mol. The molecule has 9 heteroatoms. The maximum Gasteiger partial charge on any atom is 0.339 e. The van der Waals surface area contributed by atoms with E-state index in [1.165, 1.54) is 36.2 Å². The summed E-state index contributed by atoms with van der Waals surface area (Å²) < 4.78 is 18.6. The van der Waals surface area contributed by atoms with Crippen molar-refractivity contribution in [3.8, 4) is 5.75 Å². The maximum absolute atomic E-state index is 13.1. The molecule has 0 aromatic heterocycles. The molecule has 1 aliphatic rings. The van der Waals surface area contributed by atoms with Crippen LogP contribution in [0.4, 0.5) is 10.1 Å². The van der Waals surface area contributed by atoms with Gasteiger partial charge in [-0.3, -0.25) is 9.59 Å². The van der Waals surface area contributed by atoms with E-state index >= 15 is 0 Å². The second-order valence-electron chi connectivity index (χ2n) is 9.23. The van der Waals surface area contributed by atoms with Gasteiger partial charge < -0.3 is 24.7 Å². The minimum atomic E-state index is -1.27. The van der Waals surface area contributed by atoms with Gasteiger partial charge in [-0.25, -0.2) is 9.18 Å². The molecule has 2 aromatic carbocycles. The van der Waals surface area contributed by atoms with Gasteiger partial charge >= 0.3 is 5.97 Å². The fraction of sp³-hybridized carbons (Fsp3) is 0.444. The molecule has 3 rings (SSSR count). The number of nitrogens with zero attached hydrogens (tertiary/aromatic N) is 2. The molecule has 0 aliphatic carbocycles. The molecule has 194 valence electrons. The lowest BCUT2D eigenvalue weighted by molar-refractivity contribution is -0.136. The standard InChI is InChI=1S/C27H33FN2O6/c1-3-4-15-36-23-10-9-21(17-22(23)26(33)34)29(2)25(32)18-27(35)11-13-30(14-12-27)24(31)16-19-5-7-20(28)8-6-19/h5-10,17,35H,3-4,11-16,18H2,1-2H3,(H,33,34). The first-order chi connectivity index (χ1) is 17.1. The van der Waals surface area contributed by atoms with Crippen LogP contribution < -0.4 is 9.64 Å². The molecule has 1 heterocycles. The van der Waals surface area contributed by atoms with Gasteiger partial charge in [0.05, 0.1) is 25.0 Å². The van der Waals surface area contributed by atoms with Gasteiger partial charge in [-0.2, -0.15) is 0 Å². The summed E-state index contributed by atoms with van der Waals surface area (Å²) >= 11 is 0. The molecule has 0 saturated carbocycles. The summed E-state index contributed by atoms with van der Waals surface area (Å²) in [7, 11) is 1.53. The quantitative estimate of drug-likeness (QED) is 0.482. The molecule has 0 unspecified atom stereocenters. The van der Waals surface area contributed by atoms with E-state index in [1.807, 2.05) is 6.92 Å². The van der Waals surface area contributed by atoms with E-state index in [1.54, 1.807) is 23.1 Å². The van der Waals surface area contributed by atoms with Gasteiger partial charge in [0, 0.05) is 25.8 Å². The molecular weight excluding hydrogens is 467 g/mol. The van der Waals surface area contributed by atoms with Crippen LogP contribution in [0.5, 0.6) is 5.75 Å². The zero-order valence-electron chi connectivity index (χ0n) is 20.7. The van der Waals surface area contributed by atoms with Crippen LogP contribution in [-0.4, -0.2) is 65.2 Å². The number of rotatable bonds is 10. The van der Waals surface area contributed by atoms with Crippen molar-refractivity contribution in [2.24, 2.45) is 0 Å². The topological polar surface area (TPSA) is 107 Å². The summed E-state index contributed by atoms with van der Waals surface area (Å²) in [6.07, 6.45) is 2.19. The van der Waals surface area contributed by atoms with E-state index in [2.05, 4.69) is 0 Å². The Hall–Kier alpha value is -3.46. The number of benzene rings is 2. The van der Waals surface area contributed by atoms with Crippen LogP contribution in [0.15, 0.2) is 42.5 Å². The Bertz CT molecular complexity index is 1080. The number of carbonyl (C=O) groups is 3. The zero-order valence-corrected chi connectivity index (χ0v) is 20.7. The van der Waals surface area contributed by atoms with Crippen LogP contribution in [0, 0.1) is 5.82 Å². The monoisotopic (exact) mass is 500 g/mol. The number of likely N-dealkylation sites (tertiary alicyclic amines) is 1. The van der Waals surface area contributed by atoms with Crippen molar-refractivity contribution in [3.05, 3.63) is 59.4 Å². The van der Waals surface area contributed by atoms with E-state index in [0.29, 0.717) is 30.9 Å². The lowest BCUT2D eigenvalue weighted by atomic mass is 9.87. The summed E-state index contributed by atoms with van der Waals surface area (Å²) in [5.41, 5.74) is -0.205. The van der Waals surface area contributed by atoms with Gasteiger partial charge in [0.2, 0.25) is 11.8 Å². The Morgan fingerprint density at radius 2 is 1.78 bits per heavy atom. The smallest absolute Gasteiger partial charge is 0.339 e. The van der Waals surface area contributed by atoms with Crippen LogP contribution in [0.1, 0.15) is 54.9 Å². The molecule has 2 amide bonds. The fourth-order valence-electron chi connectivity index (χ4n) is 4.13. The van der Waals surface area contributed by atoms with Crippen molar-refractivity contribution >= 4 is 23.5 Å². The Labute approximate surface area is 210 Å². The number of anilines is 1. The molecule has 1 aliphatic heterocycles. The summed E-state index contributed by atoms with van der Waals surface area (Å²) in [6.45, 7) is 3.02. The minimum Gasteiger partial charge on any atom is -0.493 e. The highest BCUT2D eigenvalue weighted by atomic mass is 19.1. The van der Waals surface area contributed by atoms with Crippen molar-refractivity contribution in [2.75, 3.05) is 31.6 Å². The van der Waals surface area contributed by atoms with Gasteiger partial charge in [0.15, 0.2) is 0 Å². The molecule has 0 spiro atoms. The first-order valence-corrected chi connectivity index (χ1v) is 12.1.